The Bertz CT molecular complexity index is 2100. The van der Waals surface area contributed by atoms with Crippen LogP contribution in [0, 0.1) is 12.8 Å². The van der Waals surface area contributed by atoms with Crippen LogP contribution in [0.5, 0.6) is 0 Å². The number of likely N-dealkylation sites (tertiary alicyclic amines) is 2. The van der Waals surface area contributed by atoms with E-state index >= 15 is 0 Å². The molecule has 0 aliphatic carbocycles. The van der Waals surface area contributed by atoms with Gasteiger partial charge >= 0.3 is 12.0 Å². The zero-order valence-corrected chi connectivity index (χ0v) is 33.0. The van der Waals surface area contributed by atoms with Crippen LogP contribution in [0.2, 0.25) is 0 Å². The van der Waals surface area contributed by atoms with Crippen LogP contribution in [0.25, 0.3) is 21.8 Å². The van der Waals surface area contributed by atoms with Crippen LogP contribution < -0.4 is 10.9 Å². The lowest BCUT2D eigenvalue weighted by atomic mass is 9.89. The van der Waals surface area contributed by atoms with E-state index in [2.05, 4.69) is 38.8 Å². The molecule has 3 fully saturated rings. The Balaban J connectivity index is 1.04. The van der Waals surface area contributed by atoms with Crippen LogP contribution in [0.1, 0.15) is 61.6 Å². The molecule has 0 bridgehead atoms. The molecule has 5 heterocycles. The van der Waals surface area contributed by atoms with Crippen LogP contribution >= 0.6 is 0 Å². The minimum atomic E-state index is -0.766. The third kappa shape index (κ3) is 9.00. The Kier molecular flexibility index (Phi) is 12.2. The van der Waals surface area contributed by atoms with Gasteiger partial charge in [0.2, 0.25) is 5.91 Å². The molecule has 2 N–H and O–H groups in total. The number of piperazine rings is 1. The molecule has 2 aromatic heterocycles. The van der Waals surface area contributed by atoms with Crippen molar-refractivity contribution in [1.29, 1.82) is 0 Å². The van der Waals surface area contributed by atoms with E-state index in [4.69, 9.17) is 4.74 Å². The first-order valence-corrected chi connectivity index (χ1v) is 20.2. The molecule has 298 valence electrons. The number of urea groups is 1. The summed E-state index contributed by atoms with van der Waals surface area (Å²) in [5.74, 6) is -0.626. The number of aromatic amines is 1. The molecule has 13 nitrogen and oxygen atoms in total. The molecule has 7 rings (SSSR count). The average molecular weight is 765 g/mol. The molecule has 13 heteroatoms. The summed E-state index contributed by atoms with van der Waals surface area (Å²) in [5.41, 5.74) is 4.11. The summed E-state index contributed by atoms with van der Waals surface area (Å²) in [7, 11) is 2.17. The summed E-state index contributed by atoms with van der Waals surface area (Å²) in [4.78, 5) is 65.4. The third-order valence-corrected chi connectivity index (χ3v) is 12.0. The second kappa shape index (κ2) is 17.4. The SMILES string of the molecule is C=CCC(C)C(=O)OCn1cc2cc(CC(NC(=O)N3CCC(c4cc5ccccc5[nH]c4=O)CC3)C(=O)N3CCN(C4CCN(C)CC4)CC3)cc(C)c2n1. The number of nitrogens with zero attached hydrogens (tertiary/aromatic N) is 6. The number of hydrogen-bond donors (Lipinski definition) is 2. The number of ether oxygens (including phenoxy) is 1. The number of esters is 1. The third-order valence-electron chi connectivity index (χ3n) is 12.0. The van der Waals surface area contributed by atoms with Crippen molar-refractivity contribution < 1.29 is 19.1 Å². The van der Waals surface area contributed by atoms with Crippen molar-refractivity contribution >= 4 is 39.7 Å². The van der Waals surface area contributed by atoms with Gasteiger partial charge in [-0.05, 0) is 99.8 Å². The van der Waals surface area contributed by atoms with Crippen LogP contribution in [-0.4, -0.2) is 124 Å². The molecule has 3 saturated heterocycles. The van der Waals surface area contributed by atoms with Crippen molar-refractivity contribution in [2.24, 2.45) is 5.92 Å². The van der Waals surface area contributed by atoms with Gasteiger partial charge in [-0.2, -0.15) is 5.10 Å². The first-order chi connectivity index (χ1) is 27.1. The predicted octanol–water partition coefficient (Wildman–Crippen LogP) is 4.64. The molecule has 0 radical (unpaired) electrons. The number of nitrogens with one attached hydrogen (secondary N) is 2. The summed E-state index contributed by atoms with van der Waals surface area (Å²) in [6.45, 7) is 13.5. The predicted molar refractivity (Wildman–Crippen MR) is 217 cm³/mol. The summed E-state index contributed by atoms with van der Waals surface area (Å²) >= 11 is 0. The van der Waals surface area contributed by atoms with Crippen molar-refractivity contribution in [3.05, 3.63) is 88.4 Å². The van der Waals surface area contributed by atoms with Gasteiger partial charge in [0.15, 0.2) is 6.73 Å². The first kappa shape index (κ1) is 39.2. The number of fused-ring (bicyclic) bond motifs is 2. The maximum absolute atomic E-state index is 14.4. The lowest BCUT2D eigenvalue weighted by Crippen LogP contribution is -2.59. The number of amides is 3. The second-order valence-electron chi connectivity index (χ2n) is 16.0. The van der Waals surface area contributed by atoms with E-state index in [1.807, 2.05) is 67.4 Å². The number of carbonyl (C=O) groups excluding carboxylic acids is 3. The topological polar surface area (TPSA) is 136 Å². The molecule has 56 heavy (non-hydrogen) atoms. The minimum Gasteiger partial charge on any atom is -0.442 e. The molecular formula is C43H56N8O5. The van der Waals surface area contributed by atoms with E-state index in [0.717, 1.165) is 77.5 Å². The number of para-hydroxylation sites is 1. The van der Waals surface area contributed by atoms with Crippen molar-refractivity contribution in [3.63, 3.8) is 0 Å². The number of aromatic nitrogens is 3. The monoisotopic (exact) mass is 764 g/mol. The maximum Gasteiger partial charge on any atom is 0.318 e. The fraction of sp³-hybridized carbons (Fsp3) is 0.512. The van der Waals surface area contributed by atoms with Gasteiger partial charge in [-0.1, -0.05) is 37.3 Å². The average Bonchev–Trinajstić information content (AvgIpc) is 3.63. The van der Waals surface area contributed by atoms with E-state index in [1.54, 1.807) is 15.7 Å². The van der Waals surface area contributed by atoms with E-state index in [9.17, 15) is 19.2 Å². The van der Waals surface area contributed by atoms with E-state index in [1.165, 1.54) is 0 Å². The lowest BCUT2D eigenvalue weighted by Gasteiger charge is -2.43. The molecule has 2 unspecified atom stereocenters. The highest BCUT2D eigenvalue weighted by Crippen LogP contribution is 2.28. The van der Waals surface area contributed by atoms with Gasteiger partial charge in [0.25, 0.3) is 5.56 Å². The van der Waals surface area contributed by atoms with Gasteiger partial charge in [0, 0.05) is 74.4 Å². The van der Waals surface area contributed by atoms with Gasteiger partial charge in [-0.3, -0.25) is 19.3 Å². The van der Waals surface area contributed by atoms with Crippen molar-refractivity contribution in [1.82, 2.24) is 39.7 Å². The molecule has 3 amide bonds. The van der Waals surface area contributed by atoms with E-state index in [-0.39, 0.29) is 42.0 Å². The van der Waals surface area contributed by atoms with Gasteiger partial charge in [-0.15, -0.1) is 6.58 Å². The number of piperidine rings is 2. The fourth-order valence-electron chi connectivity index (χ4n) is 8.66. The molecule has 2 aromatic carbocycles. The summed E-state index contributed by atoms with van der Waals surface area (Å²) in [5, 5.41) is 9.68. The van der Waals surface area contributed by atoms with E-state index < -0.39 is 6.04 Å². The highest BCUT2D eigenvalue weighted by molar-refractivity contribution is 5.88. The largest absolute Gasteiger partial charge is 0.442 e. The van der Waals surface area contributed by atoms with Crippen LogP contribution in [0.15, 0.2) is 66.1 Å². The standard InChI is InChI=1S/C43H56N8O5/c1-5-8-29(2)42(54)56-28-51-27-34-24-31(23-30(3)39(34)46-51)25-38(41(53)49-21-19-48(20-22-49)35-13-15-47(4)16-14-35)45-43(55)50-17-11-32(12-18-50)36-26-33-9-6-7-10-37(33)44-40(36)52/h5-7,9-10,23-24,26-27,29,32,35,38H,1,8,11-22,25,28H2,2-4H3,(H,44,52)(H,45,55). The number of hydrogen-bond acceptors (Lipinski definition) is 8. The zero-order chi connectivity index (χ0) is 39.3. The lowest BCUT2D eigenvalue weighted by molar-refractivity contribution is -0.152. The van der Waals surface area contributed by atoms with Gasteiger partial charge in [0.05, 0.1) is 11.4 Å². The summed E-state index contributed by atoms with van der Waals surface area (Å²) in [6, 6.07) is 13.3. The zero-order valence-electron chi connectivity index (χ0n) is 33.0. The molecule has 2 atom stereocenters. The van der Waals surface area contributed by atoms with Gasteiger partial charge in [-0.25, -0.2) is 9.48 Å². The second-order valence-corrected chi connectivity index (χ2v) is 16.0. The number of aryl methyl sites for hydroxylation is 1. The molecule has 3 aliphatic rings. The van der Waals surface area contributed by atoms with Gasteiger partial charge in [0.1, 0.15) is 6.04 Å². The highest BCUT2D eigenvalue weighted by atomic mass is 16.5. The number of allylic oxidation sites excluding steroid dienone is 1. The van der Waals surface area contributed by atoms with Crippen molar-refractivity contribution in [2.75, 3.05) is 59.4 Å². The maximum atomic E-state index is 14.4. The number of rotatable bonds is 11. The molecule has 3 aliphatic heterocycles. The van der Waals surface area contributed by atoms with Crippen LogP contribution in [0.3, 0.4) is 0 Å². The van der Waals surface area contributed by atoms with Crippen LogP contribution in [-0.2, 0) is 27.5 Å². The quantitative estimate of drug-likeness (QED) is 0.167. The Morgan fingerprint density at radius 3 is 2.43 bits per heavy atom. The van der Waals surface area contributed by atoms with Gasteiger partial charge < -0.3 is 29.7 Å². The number of pyridine rings is 1. The number of carbonyl (C=O) groups is 3. The Hall–Kier alpha value is -5.01. The Morgan fingerprint density at radius 2 is 1.70 bits per heavy atom. The molecule has 4 aromatic rings. The Labute approximate surface area is 328 Å². The van der Waals surface area contributed by atoms with E-state index in [0.29, 0.717) is 57.9 Å². The summed E-state index contributed by atoms with van der Waals surface area (Å²) < 4.78 is 7.12. The minimum absolute atomic E-state index is 0.00356. The molecule has 0 spiro atoms. The number of H-pyrrole nitrogens is 1. The van der Waals surface area contributed by atoms with Crippen molar-refractivity contribution in [3.8, 4) is 0 Å². The molecule has 0 saturated carbocycles. The Morgan fingerprint density at radius 1 is 0.964 bits per heavy atom. The first-order valence-electron chi connectivity index (χ1n) is 20.2. The number of benzene rings is 2. The highest BCUT2D eigenvalue weighted by Gasteiger charge is 2.34. The van der Waals surface area contributed by atoms with Crippen LogP contribution in [0.4, 0.5) is 4.79 Å². The molecular weight excluding hydrogens is 709 g/mol. The van der Waals surface area contributed by atoms with Crippen molar-refractivity contribution in [2.45, 2.75) is 77.1 Å². The normalized spacial score (nSPS) is 18.9. The smallest absolute Gasteiger partial charge is 0.318 e. The fourth-order valence-corrected chi connectivity index (χ4v) is 8.66. The summed E-state index contributed by atoms with van der Waals surface area (Å²) in [6.07, 6.45) is 8.02.